The van der Waals surface area contributed by atoms with Gasteiger partial charge < -0.3 is 24.4 Å². The number of hydrogen-bond donors (Lipinski definition) is 2. The summed E-state index contributed by atoms with van der Waals surface area (Å²) in [6, 6.07) is 5.34. The van der Waals surface area contributed by atoms with Crippen molar-refractivity contribution in [2.45, 2.75) is 26.1 Å². The highest BCUT2D eigenvalue weighted by molar-refractivity contribution is 5.93. The number of morpholine rings is 1. The van der Waals surface area contributed by atoms with Gasteiger partial charge in [0.15, 0.2) is 6.54 Å². The predicted molar refractivity (Wildman–Crippen MR) is 83.7 cm³/mol. The van der Waals surface area contributed by atoms with Crippen LogP contribution in [0.1, 0.15) is 13.8 Å². The third-order valence-corrected chi connectivity index (χ3v) is 3.71. The molecule has 0 spiro atoms. The van der Waals surface area contributed by atoms with Crippen LogP contribution in [0.3, 0.4) is 0 Å². The molecule has 122 valence electrons. The van der Waals surface area contributed by atoms with Crippen molar-refractivity contribution in [1.29, 1.82) is 0 Å². The lowest BCUT2D eigenvalue weighted by molar-refractivity contribution is -0.907. The number of ether oxygens (including phenoxy) is 3. The first-order valence-corrected chi connectivity index (χ1v) is 7.52. The topological polar surface area (TPSA) is 61.2 Å². The van der Waals surface area contributed by atoms with Gasteiger partial charge in [-0.25, -0.2) is 0 Å². The molecule has 1 aromatic rings. The van der Waals surface area contributed by atoms with Crippen LogP contribution in [-0.4, -0.2) is 52.0 Å². The molecule has 6 heteroatoms. The van der Waals surface area contributed by atoms with Crippen molar-refractivity contribution in [3.63, 3.8) is 0 Å². The minimum atomic E-state index is -0.0390. The van der Waals surface area contributed by atoms with Crippen molar-refractivity contribution in [3.8, 4) is 11.5 Å². The molecule has 1 saturated heterocycles. The summed E-state index contributed by atoms with van der Waals surface area (Å²) in [7, 11) is 3.17. The molecule has 0 aromatic heterocycles. The number of carbonyl (C=O) groups excluding carboxylic acids is 1. The first-order chi connectivity index (χ1) is 10.5. The van der Waals surface area contributed by atoms with Gasteiger partial charge in [0.25, 0.3) is 5.91 Å². The van der Waals surface area contributed by atoms with Gasteiger partial charge in [-0.1, -0.05) is 0 Å². The van der Waals surface area contributed by atoms with Gasteiger partial charge in [-0.05, 0) is 26.0 Å². The van der Waals surface area contributed by atoms with E-state index in [1.165, 1.54) is 4.90 Å². The van der Waals surface area contributed by atoms with Gasteiger partial charge in [-0.2, -0.15) is 0 Å². The number of quaternary nitrogens is 1. The third kappa shape index (κ3) is 4.35. The second kappa shape index (κ2) is 7.47. The molecular weight excluding hydrogens is 284 g/mol. The maximum atomic E-state index is 12.3. The molecule has 22 heavy (non-hydrogen) atoms. The van der Waals surface area contributed by atoms with Crippen molar-refractivity contribution in [1.82, 2.24) is 0 Å². The second-order valence-electron chi connectivity index (χ2n) is 5.71. The zero-order valence-electron chi connectivity index (χ0n) is 13.6. The van der Waals surface area contributed by atoms with Crippen LogP contribution in [0.5, 0.6) is 11.5 Å². The van der Waals surface area contributed by atoms with E-state index in [1.54, 1.807) is 32.4 Å². The lowest BCUT2D eigenvalue weighted by Crippen LogP contribution is -3.16. The SMILES string of the molecule is COc1ccc(OC)c(NC(=O)C[NH+]2C[C@@H](C)O[C@H](C)C2)c1. The van der Waals surface area contributed by atoms with Gasteiger partial charge >= 0.3 is 0 Å². The number of rotatable bonds is 5. The molecule has 1 fully saturated rings. The summed E-state index contributed by atoms with van der Waals surface area (Å²) in [6.45, 7) is 6.18. The Hall–Kier alpha value is -1.79. The normalized spacial score (nSPS) is 24.6. The highest BCUT2D eigenvalue weighted by Gasteiger charge is 2.27. The van der Waals surface area contributed by atoms with E-state index >= 15 is 0 Å². The summed E-state index contributed by atoms with van der Waals surface area (Å²) in [6.07, 6.45) is 0.357. The molecule has 2 N–H and O–H groups in total. The fourth-order valence-corrected chi connectivity index (χ4v) is 2.87. The number of carbonyl (C=O) groups is 1. The van der Waals surface area contributed by atoms with Crippen molar-refractivity contribution in [2.75, 3.05) is 39.2 Å². The highest BCUT2D eigenvalue weighted by Crippen LogP contribution is 2.28. The van der Waals surface area contributed by atoms with Gasteiger partial charge in [-0.15, -0.1) is 0 Å². The Balaban J connectivity index is 1.99. The quantitative estimate of drug-likeness (QED) is 0.823. The summed E-state index contributed by atoms with van der Waals surface area (Å²) in [4.78, 5) is 13.5. The average molecular weight is 309 g/mol. The van der Waals surface area contributed by atoms with E-state index < -0.39 is 0 Å². The van der Waals surface area contributed by atoms with E-state index in [1.807, 2.05) is 13.8 Å². The molecule has 1 aliphatic heterocycles. The molecule has 0 aliphatic carbocycles. The largest absolute Gasteiger partial charge is 0.497 e. The molecule has 0 bridgehead atoms. The molecule has 0 saturated carbocycles. The maximum Gasteiger partial charge on any atom is 0.279 e. The van der Waals surface area contributed by atoms with Crippen molar-refractivity contribution >= 4 is 11.6 Å². The summed E-state index contributed by atoms with van der Waals surface area (Å²) in [5.41, 5.74) is 0.626. The van der Waals surface area contributed by atoms with Crippen LogP contribution in [0.4, 0.5) is 5.69 Å². The Morgan fingerprint density at radius 2 is 1.95 bits per heavy atom. The first kappa shape index (κ1) is 16.6. The van der Waals surface area contributed by atoms with Crippen LogP contribution >= 0.6 is 0 Å². The molecule has 2 atom stereocenters. The molecule has 0 radical (unpaired) electrons. The number of benzene rings is 1. The summed E-state index contributed by atoms with van der Waals surface area (Å²) < 4.78 is 16.2. The van der Waals surface area contributed by atoms with Crippen LogP contribution < -0.4 is 19.7 Å². The fraction of sp³-hybridized carbons (Fsp3) is 0.562. The minimum absolute atomic E-state index is 0.0390. The van der Waals surface area contributed by atoms with E-state index in [2.05, 4.69) is 5.32 Å². The number of amides is 1. The number of nitrogens with one attached hydrogen (secondary N) is 2. The highest BCUT2D eigenvalue weighted by atomic mass is 16.5. The van der Waals surface area contributed by atoms with E-state index in [9.17, 15) is 4.79 Å². The third-order valence-electron chi connectivity index (χ3n) is 3.71. The zero-order chi connectivity index (χ0) is 16.1. The van der Waals surface area contributed by atoms with Gasteiger partial charge in [0.05, 0.1) is 19.9 Å². The van der Waals surface area contributed by atoms with Crippen LogP contribution in [0.25, 0.3) is 0 Å². The Kier molecular flexibility index (Phi) is 5.63. The van der Waals surface area contributed by atoms with Gasteiger partial charge in [-0.3, -0.25) is 4.79 Å². The predicted octanol–water partition coefficient (Wildman–Crippen LogP) is 0.334. The lowest BCUT2D eigenvalue weighted by Gasteiger charge is -2.31. The molecular formula is C16H25N2O4+. The number of anilines is 1. The van der Waals surface area contributed by atoms with E-state index in [0.29, 0.717) is 23.7 Å². The lowest BCUT2D eigenvalue weighted by atomic mass is 10.2. The standard InChI is InChI=1S/C16H24N2O4/c1-11-8-18(9-12(2)22-11)10-16(19)17-14-7-13(20-3)5-6-15(14)21-4/h5-7,11-12H,8-10H2,1-4H3,(H,17,19)/p+1/t11-,12-/m1/s1. The van der Waals surface area contributed by atoms with E-state index in [4.69, 9.17) is 14.2 Å². The Morgan fingerprint density at radius 3 is 2.55 bits per heavy atom. The second-order valence-corrected chi connectivity index (χ2v) is 5.71. The number of hydrogen-bond acceptors (Lipinski definition) is 4. The Labute approximate surface area is 131 Å². The van der Waals surface area contributed by atoms with Gasteiger partial charge in [0.1, 0.15) is 36.8 Å². The summed E-state index contributed by atoms with van der Waals surface area (Å²) in [5.74, 6) is 1.26. The van der Waals surface area contributed by atoms with Crippen molar-refractivity contribution in [2.24, 2.45) is 0 Å². The van der Waals surface area contributed by atoms with Crippen molar-refractivity contribution < 1.29 is 23.9 Å². The minimum Gasteiger partial charge on any atom is -0.497 e. The van der Waals surface area contributed by atoms with E-state index in [-0.39, 0.29) is 18.1 Å². The van der Waals surface area contributed by atoms with Crippen molar-refractivity contribution in [3.05, 3.63) is 18.2 Å². The molecule has 1 amide bonds. The van der Waals surface area contributed by atoms with Crippen LogP contribution in [0.15, 0.2) is 18.2 Å². The summed E-state index contributed by atoms with van der Waals surface area (Å²) in [5, 5.41) is 2.91. The molecule has 1 aliphatic rings. The molecule has 0 unspecified atom stereocenters. The van der Waals surface area contributed by atoms with Crippen LogP contribution in [0.2, 0.25) is 0 Å². The monoisotopic (exact) mass is 309 g/mol. The zero-order valence-corrected chi connectivity index (χ0v) is 13.6. The van der Waals surface area contributed by atoms with Crippen LogP contribution in [-0.2, 0) is 9.53 Å². The summed E-state index contributed by atoms with van der Waals surface area (Å²) >= 11 is 0. The first-order valence-electron chi connectivity index (χ1n) is 7.52. The Bertz CT molecular complexity index is 511. The molecule has 2 rings (SSSR count). The van der Waals surface area contributed by atoms with Gasteiger partial charge in [0.2, 0.25) is 0 Å². The molecule has 1 heterocycles. The molecule has 1 aromatic carbocycles. The fourth-order valence-electron chi connectivity index (χ4n) is 2.87. The smallest absolute Gasteiger partial charge is 0.279 e. The van der Waals surface area contributed by atoms with Gasteiger partial charge in [0, 0.05) is 6.07 Å². The number of methoxy groups -OCH3 is 2. The van der Waals surface area contributed by atoms with Crippen LogP contribution in [0, 0.1) is 0 Å². The molecule has 6 nitrogen and oxygen atoms in total. The Morgan fingerprint density at radius 1 is 1.27 bits per heavy atom. The maximum absolute atomic E-state index is 12.3. The van der Waals surface area contributed by atoms with E-state index in [0.717, 1.165) is 13.1 Å². The average Bonchev–Trinajstić information content (AvgIpc) is 2.45.